The summed E-state index contributed by atoms with van der Waals surface area (Å²) in [6.45, 7) is 4.05. The number of aliphatic imine (C=N–C) groups is 1. The summed E-state index contributed by atoms with van der Waals surface area (Å²) in [4.78, 5) is 4.10. The Morgan fingerprint density at radius 3 is 2.52 bits per heavy atom. The molecule has 0 aromatic heterocycles. The molecule has 1 saturated heterocycles. The summed E-state index contributed by atoms with van der Waals surface area (Å²) >= 11 is 0. The molecule has 1 fully saturated rings. The molecule has 138 valence electrons. The maximum absolute atomic E-state index is 10.9. The summed E-state index contributed by atoms with van der Waals surface area (Å²) < 4.78 is 35.2. The number of sulfonamides is 1. The fourth-order valence-corrected chi connectivity index (χ4v) is 2.46. The van der Waals surface area contributed by atoms with Crippen LogP contribution in [0.4, 0.5) is 0 Å². The maximum Gasteiger partial charge on any atom is 0.208 e. The van der Waals surface area contributed by atoms with Gasteiger partial charge in [-0.1, -0.05) is 0 Å². The molecule has 1 unspecified atom stereocenters. The van der Waals surface area contributed by atoms with Crippen molar-refractivity contribution in [2.75, 3.05) is 52.8 Å². The minimum Gasteiger partial charge on any atom is -0.379 e. The van der Waals surface area contributed by atoms with Crippen LogP contribution in [0.25, 0.3) is 0 Å². The Labute approximate surface area is 156 Å². The first-order chi connectivity index (χ1) is 10.5. The Morgan fingerprint density at radius 2 is 1.96 bits per heavy atom. The van der Waals surface area contributed by atoms with Crippen molar-refractivity contribution in [2.45, 2.75) is 25.4 Å². The lowest BCUT2D eigenvalue weighted by molar-refractivity contribution is 0.0420. The predicted molar refractivity (Wildman–Crippen MR) is 102 cm³/mol. The van der Waals surface area contributed by atoms with Crippen LogP contribution in [-0.4, -0.2) is 73.2 Å². The molecule has 1 aliphatic rings. The molecule has 1 aliphatic heterocycles. The van der Waals surface area contributed by atoms with Gasteiger partial charge in [-0.2, -0.15) is 0 Å². The van der Waals surface area contributed by atoms with E-state index in [1.807, 2.05) is 0 Å². The van der Waals surface area contributed by atoms with Gasteiger partial charge >= 0.3 is 0 Å². The van der Waals surface area contributed by atoms with Gasteiger partial charge in [0.05, 0.1) is 19.0 Å². The van der Waals surface area contributed by atoms with E-state index in [0.717, 1.165) is 32.2 Å². The van der Waals surface area contributed by atoms with Crippen molar-refractivity contribution in [3.63, 3.8) is 0 Å². The van der Waals surface area contributed by atoms with Crippen LogP contribution in [0.2, 0.25) is 0 Å². The first-order valence-corrected chi connectivity index (χ1v) is 9.49. The Kier molecular flexibility index (Phi) is 13.1. The summed E-state index contributed by atoms with van der Waals surface area (Å²) in [5.74, 6) is 0.712. The van der Waals surface area contributed by atoms with Crippen LogP contribution in [0.5, 0.6) is 0 Å². The lowest BCUT2D eigenvalue weighted by Crippen LogP contribution is -2.39. The summed E-state index contributed by atoms with van der Waals surface area (Å²) in [5, 5.41) is 6.32. The summed E-state index contributed by atoms with van der Waals surface area (Å²) in [6.07, 6.45) is 3.98. The minimum atomic E-state index is -3.10. The van der Waals surface area contributed by atoms with Gasteiger partial charge < -0.3 is 20.1 Å². The first kappa shape index (κ1) is 22.8. The van der Waals surface area contributed by atoms with E-state index in [1.165, 1.54) is 0 Å². The quantitative estimate of drug-likeness (QED) is 0.181. The number of hydrogen-bond acceptors (Lipinski definition) is 5. The zero-order chi connectivity index (χ0) is 16.3. The van der Waals surface area contributed by atoms with Gasteiger partial charge in [0.1, 0.15) is 0 Å². The third-order valence-corrected chi connectivity index (χ3v) is 3.82. The molecule has 1 atom stereocenters. The van der Waals surface area contributed by atoms with E-state index < -0.39 is 10.0 Å². The molecule has 0 bridgehead atoms. The van der Waals surface area contributed by atoms with E-state index in [-0.39, 0.29) is 30.1 Å². The van der Waals surface area contributed by atoms with Gasteiger partial charge in [-0.25, -0.2) is 13.1 Å². The maximum atomic E-state index is 10.9. The Balaban J connectivity index is 0.00000484. The van der Waals surface area contributed by atoms with E-state index >= 15 is 0 Å². The number of halogens is 1. The largest absolute Gasteiger partial charge is 0.379 e. The summed E-state index contributed by atoms with van der Waals surface area (Å²) in [6, 6.07) is 0. The van der Waals surface area contributed by atoms with E-state index in [2.05, 4.69) is 20.3 Å². The zero-order valence-corrected chi connectivity index (χ0v) is 17.0. The lowest BCUT2D eigenvalue weighted by atomic mass is 10.3. The number of nitrogens with one attached hydrogen (secondary N) is 3. The second-order valence-corrected chi connectivity index (χ2v) is 6.99. The number of ether oxygens (including phenoxy) is 2. The van der Waals surface area contributed by atoms with E-state index in [0.29, 0.717) is 38.7 Å². The Morgan fingerprint density at radius 1 is 1.26 bits per heavy atom. The highest BCUT2D eigenvalue weighted by atomic mass is 127. The molecule has 0 saturated carbocycles. The summed E-state index contributed by atoms with van der Waals surface area (Å²) in [7, 11) is -1.40. The van der Waals surface area contributed by atoms with Crippen molar-refractivity contribution in [2.24, 2.45) is 4.99 Å². The third-order valence-electron chi connectivity index (χ3n) is 3.09. The molecule has 1 heterocycles. The van der Waals surface area contributed by atoms with Crippen LogP contribution < -0.4 is 15.4 Å². The zero-order valence-electron chi connectivity index (χ0n) is 13.8. The smallest absolute Gasteiger partial charge is 0.208 e. The lowest BCUT2D eigenvalue weighted by Gasteiger charge is -2.13. The monoisotopic (exact) mass is 464 g/mol. The number of guanidine groups is 1. The molecule has 0 aromatic rings. The Hall–Kier alpha value is -0.170. The van der Waals surface area contributed by atoms with Gasteiger partial charge in [0.2, 0.25) is 10.0 Å². The van der Waals surface area contributed by atoms with Crippen LogP contribution in [0.15, 0.2) is 4.99 Å². The SMILES string of the molecule is CN=C(NCCCNS(C)(=O)=O)NCCCOC1CCOC1.I. The number of nitrogens with zero attached hydrogens (tertiary/aromatic N) is 1. The molecular weight excluding hydrogens is 435 g/mol. The van der Waals surface area contributed by atoms with Gasteiger partial charge in [-0.3, -0.25) is 4.99 Å². The van der Waals surface area contributed by atoms with Gasteiger partial charge in [0.15, 0.2) is 5.96 Å². The van der Waals surface area contributed by atoms with E-state index in [9.17, 15) is 8.42 Å². The van der Waals surface area contributed by atoms with Crippen LogP contribution >= 0.6 is 24.0 Å². The van der Waals surface area contributed by atoms with Crippen molar-refractivity contribution >= 4 is 40.0 Å². The molecule has 0 spiro atoms. The van der Waals surface area contributed by atoms with Crippen LogP contribution in [-0.2, 0) is 19.5 Å². The van der Waals surface area contributed by atoms with Gasteiger partial charge in [-0.15, -0.1) is 24.0 Å². The highest BCUT2D eigenvalue weighted by molar-refractivity contribution is 14.0. The standard InChI is InChI=1S/C13H28N4O4S.HI/c1-14-13(15-6-3-8-17-22(2,18)19)16-7-4-9-21-12-5-10-20-11-12;/h12,17H,3-11H2,1-2H3,(H2,14,15,16);1H. The third kappa shape index (κ3) is 12.9. The first-order valence-electron chi connectivity index (χ1n) is 7.60. The van der Waals surface area contributed by atoms with Gasteiger partial charge in [0.25, 0.3) is 0 Å². The highest BCUT2D eigenvalue weighted by Crippen LogP contribution is 2.07. The second-order valence-electron chi connectivity index (χ2n) is 5.16. The molecule has 0 aromatic carbocycles. The van der Waals surface area contributed by atoms with E-state index in [1.54, 1.807) is 7.05 Å². The fourth-order valence-electron chi connectivity index (χ4n) is 1.95. The molecule has 1 rings (SSSR count). The topological polar surface area (TPSA) is 101 Å². The molecule has 0 radical (unpaired) electrons. The fraction of sp³-hybridized carbons (Fsp3) is 0.923. The summed E-state index contributed by atoms with van der Waals surface area (Å²) in [5.41, 5.74) is 0. The van der Waals surface area contributed by atoms with Crippen molar-refractivity contribution < 1.29 is 17.9 Å². The molecule has 8 nitrogen and oxygen atoms in total. The molecule has 3 N–H and O–H groups in total. The van der Waals surface area contributed by atoms with Crippen LogP contribution in [0.1, 0.15) is 19.3 Å². The molecule has 0 amide bonds. The molecule has 10 heteroatoms. The number of rotatable bonds is 10. The molecule has 0 aliphatic carbocycles. The van der Waals surface area contributed by atoms with E-state index in [4.69, 9.17) is 9.47 Å². The number of hydrogen-bond donors (Lipinski definition) is 3. The second kappa shape index (κ2) is 13.2. The predicted octanol–water partition coefficient (Wildman–Crippen LogP) is -0.0957. The van der Waals surface area contributed by atoms with Crippen molar-refractivity contribution in [3.05, 3.63) is 0 Å². The highest BCUT2D eigenvalue weighted by Gasteiger charge is 2.15. The van der Waals surface area contributed by atoms with Gasteiger partial charge in [-0.05, 0) is 19.3 Å². The van der Waals surface area contributed by atoms with Crippen molar-refractivity contribution in [1.82, 2.24) is 15.4 Å². The molecular formula is C13H29IN4O4S. The van der Waals surface area contributed by atoms with Crippen molar-refractivity contribution in [3.8, 4) is 0 Å². The Bertz CT molecular complexity index is 428. The van der Waals surface area contributed by atoms with Gasteiger partial charge in [0, 0.05) is 39.9 Å². The average Bonchev–Trinajstić information content (AvgIpc) is 2.96. The average molecular weight is 464 g/mol. The minimum absolute atomic E-state index is 0. The van der Waals surface area contributed by atoms with Crippen LogP contribution in [0.3, 0.4) is 0 Å². The van der Waals surface area contributed by atoms with Crippen LogP contribution in [0, 0.1) is 0 Å². The molecule has 23 heavy (non-hydrogen) atoms. The van der Waals surface area contributed by atoms with Crippen molar-refractivity contribution in [1.29, 1.82) is 0 Å². The normalized spacial score (nSPS) is 18.5.